The lowest BCUT2D eigenvalue weighted by atomic mass is 9.95. The van der Waals surface area contributed by atoms with Crippen molar-refractivity contribution in [2.75, 3.05) is 6.54 Å². The first-order chi connectivity index (χ1) is 16.7. The molecule has 0 saturated heterocycles. The van der Waals surface area contributed by atoms with Crippen LogP contribution in [0.4, 0.5) is 4.39 Å². The summed E-state index contributed by atoms with van der Waals surface area (Å²) in [4.78, 5) is 24.8. The van der Waals surface area contributed by atoms with E-state index in [9.17, 15) is 27.5 Å². The minimum Gasteiger partial charge on any atom is -0.481 e. The van der Waals surface area contributed by atoms with Gasteiger partial charge in [0, 0.05) is 18.9 Å². The van der Waals surface area contributed by atoms with Gasteiger partial charge in [-0.1, -0.05) is 12.8 Å². The van der Waals surface area contributed by atoms with Crippen LogP contribution < -0.4 is 4.74 Å². The number of aliphatic carboxylic acids is 1. The van der Waals surface area contributed by atoms with E-state index in [4.69, 9.17) is 4.74 Å². The number of carboxylic acid groups (broad SMARTS) is 1. The van der Waals surface area contributed by atoms with Gasteiger partial charge in [-0.15, -0.1) is 0 Å². The van der Waals surface area contributed by atoms with Gasteiger partial charge in [-0.05, 0) is 73.5 Å². The summed E-state index contributed by atoms with van der Waals surface area (Å²) in [6, 6.07) is 14.4. The van der Waals surface area contributed by atoms with Gasteiger partial charge in [-0.3, -0.25) is 14.2 Å². The van der Waals surface area contributed by atoms with Gasteiger partial charge >= 0.3 is 5.97 Å². The van der Waals surface area contributed by atoms with Crippen LogP contribution in [0.2, 0.25) is 0 Å². The summed E-state index contributed by atoms with van der Waals surface area (Å²) in [5.41, 5.74) is -1.38. The summed E-state index contributed by atoms with van der Waals surface area (Å²) in [5, 5.41) is 9.29. The lowest BCUT2D eigenvalue weighted by Gasteiger charge is -2.38. The van der Waals surface area contributed by atoms with Gasteiger partial charge in [-0.2, -0.15) is 4.31 Å². The fourth-order valence-electron chi connectivity index (χ4n) is 4.45. The van der Waals surface area contributed by atoms with Crippen molar-refractivity contribution >= 4 is 21.9 Å². The summed E-state index contributed by atoms with van der Waals surface area (Å²) < 4.78 is 48.8. The molecule has 1 aliphatic rings. The van der Waals surface area contributed by atoms with Crippen molar-refractivity contribution < 1.29 is 32.2 Å². The first-order valence-corrected chi connectivity index (χ1v) is 12.6. The molecule has 0 spiro atoms. The van der Waals surface area contributed by atoms with E-state index in [1.54, 1.807) is 24.5 Å². The average Bonchev–Trinajstić information content (AvgIpc) is 3.54. The van der Waals surface area contributed by atoms with E-state index in [0.29, 0.717) is 37.2 Å². The van der Waals surface area contributed by atoms with Gasteiger partial charge in [-0.25, -0.2) is 12.8 Å². The molecule has 2 aromatic carbocycles. The monoisotopic (exact) mass is 500 g/mol. The van der Waals surface area contributed by atoms with Crippen LogP contribution in [0, 0.1) is 5.82 Å². The maximum atomic E-state index is 13.8. The van der Waals surface area contributed by atoms with E-state index in [1.165, 1.54) is 53.1 Å². The summed E-state index contributed by atoms with van der Waals surface area (Å²) in [6.45, 7) is -0.335. The minimum atomic E-state index is -4.24. The van der Waals surface area contributed by atoms with E-state index in [-0.39, 0.29) is 11.4 Å². The van der Waals surface area contributed by atoms with E-state index < -0.39 is 39.7 Å². The molecule has 4 rings (SSSR count). The van der Waals surface area contributed by atoms with Crippen molar-refractivity contribution in [1.29, 1.82) is 0 Å². The SMILES string of the molecule is O=C(O)CCN(C1(C(=O)n2cccc2)CCCC1)S(=O)(=O)c1ccc(Oc2ccc(F)cc2)cc1. The number of hydrogen-bond acceptors (Lipinski definition) is 5. The van der Waals surface area contributed by atoms with Crippen LogP contribution in [0.1, 0.15) is 36.9 Å². The van der Waals surface area contributed by atoms with Crippen molar-refractivity contribution in [1.82, 2.24) is 8.87 Å². The fourth-order valence-corrected chi connectivity index (χ4v) is 6.23. The summed E-state index contributed by atoms with van der Waals surface area (Å²) in [7, 11) is -4.24. The van der Waals surface area contributed by atoms with E-state index in [2.05, 4.69) is 0 Å². The van der Waals surface area contributed by atoms with Crippen molar-refractivity contribution in [2.45, 2.75) is 42.5 Å². The third-order valence-corrected chi connectivity index (χ3v) is 8.12. The Bertz CT molecular complexity index is 1280. The highest BCUT2D eigenvalue weighted by Crippen LogP contribution is 2.40. The first kappa shape index (κ1) is 24.6. The van der Waals surface area contributed by atoms with E-state index >= 15 is 0 Å². The van der Waals surface area contributed by atoms with Crippen LogP contribution in [-0.4, -0.2) is 46.4 Å². The van der Waals surface area contributed by atoms with Crippen molar-refractivity contribution in [2.24, 2.45) is 0 Å². The quantitative estimate of drug-likeness (QED) is 0.463. The lowest BCUT2D eigenvalue weighted by molar-refractivity contribution is -0.137. The number of aromatic nitrogens is 1. The number of sulfonamides is 1. The molecule has 0 amide bonds. The molecule has 1 N–H and O–H groups in total. The standard InChI is InChI=1S/C25H25FN2O6S/c26-19-5-7-20(8-6-19)34-21-9-11-22(12-10-21)35(32,33)28(18-13-23(29)30)25(14-1-2-15-25)24(31)27-16-3-4-17-27/h3-12,16-17H,1-2,13-15,18H2,(H,29,30). The van der Waals surface area contributed by atoms with Gasteiger partial charge < -0.3 is 9.84 Å². The number of carboxylic acids is 1. The molecule has 184 valence electrons. The Hall–Kier alpha value is -3.50. The highest BCUT2D eigenvalue weighted by Gasteiger charge is 2.51. The summed E-state index contributed by atoms with van der Waals surface area (Å²) >= 11 is 0. The van der Waals surface area contributed by atoms with Gasteiger partial charge in [0.2, 0.25) is 10.0 Å². The lowest BCUT2D eigenvalue weighted by Crippen LogP contribution is -2.57. The maximum Gasteiger partial charge on any atom is 0.304 e. The normalized spacial score (nSPS) is 15.3. The minimum absolute atomic E-state index is 0.0825. The zero-order chi connectivity index (χ0) is 25.1. The maximum absolute atomic E-state index is 13.8. The Morgan fingerprint density at radius 2 is 1.51 bits per heavy atom. The molecule has 0 unspecified atom stereocenters. The third-order valence-electron chi connectivity index (χ3n) is 6.14. The predicted octanol–water partition coefficient (Wildman–Crippen LogP) is 4.54. The molecule has 0 aliphatic heterocycles. The molecule has 1 heterocycles. The molecule has 1 aromatic heterocycles. The molecule has 3 aromatic rings. The number of hydrogen-bond donors (Lipinski definition) is 1. The highest BCUT2D eigenvalue weighted by atomic mass is 32.2. The molecule has 0 radical (unpaired) electrons. The molecule has 1 fully saturated rings. The zero-order valence-corrected chi connectivity index (χ0v) is 19.7. The smallest absolute Gasteiger partial charge is 0.304 e. The van der Waals surface area contributed by atoms with Crippen molar-refractivity contribution in [3.05, 3.63) is 78.9 Å². The average molecular weight is 501 g/mol. The van der Waals surface area contributed by atoms with Gasteiger partial charge in [0.25, 0.3) is 5.91 Å². The summed E-state index contributed by atoms with van der Waals surface area (Å²) in [6.07, 6.45) is 4.58. The van der Waals surface area contributed by atoms with Gasteiger partial charge in [0.1, 0.15) is 22.9 Å². The van der Waals surface area contributed by atoms with Crippen LogP contribution in [-0.2, 0) is 14.8 Å². The van der Waals surface area contributed by atoms with Crippen LogP contribution in [0.5, 0.6) is 11.5 Å². The molecule has 35 heavy (non-hydrogen) atoms. The van der Waals surface area contributed by atoms with Crippen molar-refractivity contribution in [3.8, 4) is 11.5 Å². The van der Waals surface area contributed by atoms with Crippen molar-refractivity contribution in [3.63, 3.8) is 0 Å². The number of rotatable bonds is 9. The van der Waals surface area contributed by atoms with E-state index in [0.717, 1.165) is 4.31 Å². The molecular weight excluding hydrogens is 475 g/mol. The fraction of sp³-hybridized carbons (Fsp3) is 0.280. The zero-order valence-electron chi connectivity index (χ0n) is 18.8. The van der Waals surface area contributed by atoms with E-state index in [1.807, 2.05) is 0 Å². The number of nitrogens with zero attached hydrogens (tertiary/aromatic N) is 2. The topological polar surface area (TPSA) is 106 Å². The highest BCUT2D eigenvalue weighted by molar-refractivity contribution is 7.89. The Morgan fingerprint density at radius 3 is 2.06 bits per heavy atom. The largest absolute Gasteiger partial charge is 0.481 e. The Morgan fingerprint density at radius 1 is 0.971 bits per heavy atom. The molecule has 1 aliphatic carbocycles. The Kier molecular flexibility index (Phi) is 7.04. The third kappa shape index (κ3) is 5.13. The van der Waals surface area contributed by atoms with Crippen LogP contribution in [0.3, 0.4) is 0 Å². The molecular formula is C25H25FN2O6S. The second-order valence-electron chi connectivity index (χ2n) is 8.38. The first-order valence-electron chi connectivity index (χ1n) is 11.2. The number of carbonyl (C=O) groups is 2. The number of carbonyl (C=O) groups excluding carboxylic acids is 1. The Labute approximate surface area is 202 Å². The number of halogens is 1. The van der Waals surface area contributed by atoms with Crippen LogP contribution in [0.25, 0.3) is 0 Å². The molecule has 10 heteroatoms. The molecule has 1 saturated carbocycles. The molecule has 0 atom stereocenters. The second kappa shape index (κ2) is 10.0. The van der Waals surface area contributed by atoms with Crippen LogP contribution in [0.15, 0.2) is 78.0 Å². The Balaban J connectivity index is 1.67. The van der Waals surface area contributed by atoms with Gasteiger partial charge in [0.15, 0.2) is 0 Å². The number of ether oxygens (including phenoxy) is 1. The predicted molar refractivity (Wildman–Crippen MR) is 125 cm³/mol. The molecule has 0 bridgehead atoms. The van der Waals surface area contributed by atoms with Crippen LogP contribution >= 0.6 is 0 Å². The van der Waals surface area contributed by atoms with Gasteiger partial charge in [0.05, 0.1) is 11.3 Å². The summed E-state index contributed by atoms with van der Waals surface area (Å²) in [5.74, 6) is -1.24. The molecule has 8 nitrogen and oxygen atoms in total. The number of benzene rings is 2. The second-order valence-corrected chi connectivity index (χ2v) is 10.2.